The number of hydrogen-bond acceptors (Lipinski definition) is 3. The second-order valence-corrected chi connectivity index (χ2v) is 7.78. The van der Waals surface area contributed by atoms with E-state index in [9.17, 15) is 9.59 Å². The zero-order valence-corrected chi connectivity index (χ0v) is 17.0. The maximum absolute atomic E-state index is 12.6. The molecular formula is C21H32ClN3O2. The van der Waals surface area contributed by atoms with Gasteiger partial charge in [0.25, 0.3) is 0 Å². The third kappa shape index (κ3) is 6.22. The summed E-state index contributed by atoms with van der Waals surface area (Å²) >= 11 is 0. The van der Waals surface area contributed by atoms with E-state index in [1.165, 1.54) is 12.8 Å². The zero-order chi connectivity index (χ0) is 18.4. The predicted octanol–water partition coefficient (Wildman–Crippen LogP) is 3.31. The fourth-order valence-corrected chi connectivity index (χ4v) is 4.14. The Bertz CT molecular complexity index is 597. The second-order valence-electron chi connectivity index (χ2n) is 7.78. The first-order valence-corrected chi connectivity index (χ1v) is 9.98. The van der Waals surface area contributed by atoms with Gasteiger partial charge in [0.1, 0.15) is 0 Å². The molecule has 1 atom stereocenters. The summed E-state index contributed by atoms with van der Waals surface area (Å²) in [7, 11) is 0. The van der Waals surface area contributed by atoms with E-state index in [0.29, 0.717) is 31.3 Å². The van der Waals surface area contributed by atoms with Crippen LogP contribution in [0.1, 0.15) is 39.0 Å². The molecule has 2 fully saturated rings. The van der Waals surface area contributed by atoms with Crippen LogP contribution in [0.4, 0.5) is 5.69 Å². The fourth-order valence-electron chi connectivity index (χ4n) is 4.14. The van der Waals surface area contributed by atoms with Gasteiger partial charge in [-0.25, -0.2) is 0 Å². The van der Waals surface area contributed by atoms with Crippen molar-refractivity contribution in [1.82, 2.24) is 10.2 Å². The van der Waals surface area contributed by atoms with E-state index in [-0.39, 0.29) is 30.1 Å². The maximum atomic E-state index is 12.6. The van der Waals surface area contributed by atoms with Crippen molar-refractivity contribution in [2.75, 3.05) is 31.5 Å². The summed E-state index contributed by atoms with van der Waals surface area (Å²) in [6, 6.07) is 9.57. The van der Waals surface area contributed by atoms with Gasteiger partial charge in [-0.3, -0.25) is 9.59 Å². The highest BCUT2D eigenvalue weighted by Crippen LogP contribution is 2.26. The number of anilines is 1. The topological polar surface area (TPSA) is 61.4 Å². The Kier molecular flexibility index (Phi) is 8.58. The first-order chi connectivity index (χ1) is 12.6. The highest BCUT2D eigenvalue weighted by Gasteiger charge is 2.29. The molecule has 0 bridgehead atoms. The molecule has 0 spiro atoms. The average molecular weight is 394 g/mol. The minimum absolute atomic E-state index is 0. The van der Waals surface area contributed by atoms with Crippen molar-refractivity contribution in [2.24, 2.45) is 17.8 Å². The summed E-state index contributed by atoms with van der Waals surface area (Å²) < 4.78 is 0. The number of likely N-dealkylation sites (tertiary alicyclic amines) is 1. The standard InChI is InChI=1S/C21H31N3O2.ClH/c1-16(17-7-11-22-12-8-17)15-20(25)24-13-9-18(10-14-24)21(26)23-19-5-3-2-4-6-19;/h2-6,16-18,22H,7-15H2,1H3,(H,23,26);1H. The second kappa shape index (κ2) is 10.7. The molecule has 2 aliphatic heterocycles. The van der Waals surface area contributed by atoms with Gasteiger partial charge in [0.2, 0.25) is 11.8 Å². The van der Waals surface area contributed by atoms with Crippen LogP contribution in [0.3, 0.4) is 0 Å². The van der Waals surface area contributed by atoms with Gasteiger partial charge in [-0.1, -0.05) is 25.1 Å². The van der Waals surface area contributed by atoms with Gasteiger partial charge in [0, 0.05) is 31.1 Å². The third-order valence-corrected chi connectivity index (χ3v) is 5.94. The van der Waals surface area contributed by atoms with Gasteiger partial charge in [-0.2, -0.15) is 0 Å². The van der Waals surface area contributed by atoms with Crippen LogP contribution in [0.2, 0.25) is 0 Å². The number of para-hydroxylation sites is 1. The number of piperidine rings is 2. The van der Waals surface area contributed by atoms with Crippen LogP contribution in [0.5, 0.6) is 0 Å². The zero-order valence-electron chi connectivity index (χ0n) is 16.2. The van der Waals surface area contributed by atoms with Crippen molar-refractivity contribution in [3.05, 3.63) is 30.3 Å². The van der Waals surface area contributed by atoms with E-state index in [4.69, 9.17) is 0 Å². The Hall–Kier alpha value is -1.59. The maximum Gasteiger partial charge on any atom is 0.227 e. The summed E-state index contributed by atoms with van der Waals surface area (Å²) in [5.74, 6) is 1.45. The molecule has 2 heterocycles. The molecule has 0 aliphatic carbocycles. The number of hydrogen-bond donors (Lipinski definition) is 2. The highest BCUT2D eigenvalue weighted by molar-refractivity contribution is 5.92. The molecule has 2 N–H and O–H groups in total. The molecule has 2 amide bonds. The third-order valence-electron chi connectivity index (χ3n) is 5.94. The number of rotatable bonds is 5. The predicted molar refractivity (Wildman–Crippen MR) is 111 cm³/mol. The van der Waals surface area contributed by atoms with E-state index < -0.39 is 0 Å². The van der Waals surface area contributed by atoms with Crippen molar-refractivity contribution in [2.45, 2.75) is 39.0 Å². The molecule has 5 nitrogen and oxygen atoms in total. The van der Waals surface area contributed by atoms with Crippen LogP contribution in [-0.4, -0.2) is 42.9 Å². The molecule has 0 radical (unpaired) electrons. The quantitative estimate of drug-likeness (QED) is 0.806. The van der Waals surface area contributed by atoms with Gasteiger partial charge >= 0.3 is 0 Å². The van der Waals surface area contributed by atoms with E-state index in [1.54, 1.807) is 0 Å². The van der Waals surface area contributed by atoms with E-state index in [0.717, 1.165) is 31.6 Å². The fraction of sp³-hybridized carbons (Fsp3) is 0.619. The Balaban J connectivity index is 0.00000261. The number of amides is 2. The molecule has 1 aromatic carbocycles. The molecule has 150 valence electrons. The smallest absolute Gasteiger partial charge is 0.227 e. The van der Waals surface area contributed by atoms with E-state index >= 15 is 0 Å². The molecular weight excluding hydrogens is 362 g/mol. The van der Waals surface area contributed by atoms with Gasteiger partial charge in [0.05, 0.1) is 0 Å². The molecule has 0 saturated carbocycles. The molecule has 3 rings (SSSR count). The van der Waals surface area contributed by atoms with Crippen molar-refractivity contribution < 1.29 is 9.59 Å². The van der Waals surface area contributed by atoms with Gasteiger partial charge in [-0.15, -0.1) is 12.4 Å². The molecule has 6 heteroatoms. The monoisotopic (exact) mass is 393 g/mol. The van der Waals surface area contributed by atoms with E-state index in [1.807, 2.05) is 35.2 Å². The SMILES string of the molecule is CC(CC(=O)N1CCC(C(=O)Nc2ccccc2)CC1)C1CCNCC1.Cl. The average Bonchev–Trinajstić information content (AvgIpc) is 2.69. The van der Waals surface area contributed by atoms with Crippen LogP contribution in [0, 0.1) is 17.8 Å². The number of halogens is 1. The Morgan fingerprint density at radius 1 is 1.11 bits per heavy atom. The van der Waals surface area contributed by atoms with Crippen molar-refractivity contribution in [1.29, 1.82) is 0 Å². The first kappa shape index (κ1) is 21.7. The normalized spacial score (nSPS) is 19.8. The van der Waals surface area contributed by atoms with E-state index in [2.05, 4.69) is 17.6 Å². The number of nitrogens with zero attached hydrogens (tertiary/aromatic N) is 1. The summed E-state index contributed by atoms with van der Waals surface area (Å²) in [4.78, 5) is 27.0. The van der Waals surface area contributed by atoms with Crippen LogP contribution in [0.15, 0.2) is 30.3 Å². The number of nitrogens with one attached hydrogen (secondary N) is 2. The van der Waals surface area contributed by atoms with Gasteiger partial charge in [-0.05, 0) is 62.7 Å². The van der Waals surface area contributed by atoms with Crippen LogP contribution in [0.25, 0.3) is 0 Å². The van der Waals surface area contributed by atoms with Crippen LogP contribution >= 0.6 is 12.4 Å². The molecule has 1 unspecified atom stereocenters. The largest absolute Gasteiger partial charge is 0.343 e. The minimum atomic E-state index is 0. The minimum Gasteiger partial charge on any atom is -0.343 e. The van der Waals surface area contributed by atoms with Crippen molar-refractivity contribution in [3.63, 3.8) is 0 Å². The molecule has 0 aromatic heterocycles. The van der Waals surface area contributed by atoms with Gasteiger partial charge in [0.15, 0.2) is 0 Å². The molecule has 2 saturated heterocycles. The van der Waals surface area contributed by atoms with Gasteiger partial charge < -0.3 is 15.5 Å². The lowest BCUT2D eigenvalue weighted by Crippen LogP contribution is -2.42. The Morgan fingerprint density at radius 3 is 2.37 bits per heavy atom. The Morgan fingerprint density at radius 2 is 1.74 bits per heavy atom. The number of benzene rings is 1. The van der Waals surface area contributed by atoms with Crippen molar-refractivity contribution >= 4 is 29.9 Å². The Labute approximate surface area is 168 Å². The lowest BCUT2D eigenvalue weighted by atomic mass is 9.83. The molecule has 1 aromatic rings. The molecule has 27 heavy (non-hydrogen) atoms. The first-order valence-electron chi connectivity index (χ1n) is 9.98. The number of carbonyl (C=O) groups excluding carboxylic acids is 2. The van der Waals surface area contributed by atoms with Crippen LogP contribution < -0.4 is 10.6 Å². The lowest BCUT2D eigenvalue weighted by molar-refractivity contribution is -0.135. The lowest BCUT2D eigenvalue weighted by Gasteiger charge is -2.34. The number of carbonyl (C=O) groups is 2. The summed E-state index contributed by atoms with van der Waals surface area (Å²) in [6.45, 7) is 5.76. The van der Waals surface area contributed by atoms with Crippen LogP contribution in [-0.2, 0) is 9.59 Å². The van der Waals surface area contributed by atoms with Crippen molar-refractivity contribution in [3.8, 4) is 0 Å². The molecule has 2 aliphatic rings. The summed E-state index contributed by atoms with van der Waals surface area (Å²) in [6.07, 6.45) is 4.51. The summed E-state index contributed by atoms with van der Waals surface area (Å²) in [5.41, 5.74) is 0.840. The summed E-state index contributed by atoms with van der Waals surface area (Å²) in [5, 5.41) is 6.37. The highest BCUT2D eigenvalue weighted by atomic mass is 35.5.